The van der Waals surface area contributed by atoms with E-state index in [2.05, 4.69) is 5.32 Å². The van der Waals surface area contributed by atoms with Gasteiger partial charge in [0.1, 0.15) is 12.6 Å². The van der Waals surface area contributed by atoms with Crippen LogP contribution < -0.4 is 9.62 Å². The molecule has 0 fully saturated rings. The molecule has 40 heavy (non-hydrogen) atoms. The van der Waals surface area contributed by atoms with Gasteiger partial charge >= 0.3 is 0 Å². The smallest absolute Gasteiger partial charge is 0.264 e. The highest BCUT2D eigenvalue weighted by molar-refractivity contribution is 7.92. The van der Waals surface area contributed by atoms with Gasteiger partial charge in [0.05, 0.1) is 10.6 Å². The number of hydrogen-bond donors (Lipinski definition) is 1. The van der Waals surface area contributed by atoms with E-state index < -0.39 is 28.5 Å². The number of hydrogen-bond acceptors (Lipinski definition) is 4. The Morgan fingerprint density at radius 2 is 1.60 bits per heavy atom. The monoisotopic (exact) mass is 583 g/mol. The van der Waals surface area contributed by atoms with Crippen LogP contribution in [0.1, 0.15) is 49.4 Å². The molecule has 0 aliphatic carbocycles. The largest absolute Gasteiger partial charge is 0.352 e. The highest BCUT2D eigenvalue weighted by Crippen LogP contribution is 2.29. The molecule has 0 saturated heterocycles. The normalized spacial score (nSPS) is 12.2. The van der Waals surface area contributed by atoms with Crippen LogP contribution in [0.15, 0.2) is 71.6 Å². The molecule has 0 bridgehead atoms. The fourth-order valence-corrected chi connectivity index (χ4v) is 5.99. The van der Waals surface area contributed by atoms with Crippen molar-refractivity contribution in [1.82, 2.24) is 10.2 Å². The minimum Gasteiger partial charge on any atom is -0.352 e. The van der Waals surface area contributed by atoms with Crippen LogP contribution in [-0.4, -0.2) is 43.8 Å². The number of sulfonamides is 1. The second-order valence-electron chi connectivity index (χ2n) is 10.4. The van der Waals surface area contributed by atoms with E-state index in [9.17, 15) is 18.0 Å². The van der Waals surface area contributed by atoms with Gasteiger partial charge < -0.3 is 10.2 Å². The fraction of sp³-hybridized carbons (Fsp3) is 0.355. The number of rotatable bonds is 11. The Kier molecular flexibility index (Phi) is 10.4. The Labute approximate surface area is 243 Å². The zero-order valence-corrected chi connectivity index (χ0v) is 25.5. The molecule has 9 heteroatoms. The third kappa shape index (κ3) is 7.64. The first-order valence-corrected chi connectivity index (χ1v) is 15.2. The molecular weight excluding hydrogens is 546 g/mol. The number of anilines is 1. The number of nitrogens with zero attached hydrogens (tertiary/aromatic N) is 2. The molecule has 0 aliphatic rings. The summed E-state index contributed by atoms with van der Waals surface area (Å²) in [6, 6.07) is 18.1. The van der Waals surface area contributed by atoms with Crippen molar-refractivity contribution in [2.24, 2.45) is 0 Å². The summed E-state index contributed by atoms with van der Waals surface area (Å²) >= 11 is 6.39. The first kappa shape index (κ1) is 31.2. The standard InChI is InChI=1S/C31H38ClN3O4S/c1-7-29(31(37)33-21(2)3)34(19-25-10-8-9-23(5)17-25)30(36)20-35(26-14-13-24(6)28(32)18-26)40(38,39)27-15-11-22(4)12-16-27/h8-18,21,29H,7,19-20H2,1-6H3,(H,33,37). The van der Waals surface area contributed by atoms with E-state index >= 15 is 0 Å². The molecule has 1 unspecified atom stereocenters. The molecule has 0 aliphatic heterocycles. The highest BCUT2D eigenvalue weighted by atomic mass is 35.5. The third-order valence-corrected chi connectivity index (χ3v) is 8.78. The van der Waals surface area contributed by atoms with E-state index in [1.807, 2.05) is 65.8 Å². The lowest BCUT2D eigenvalue weighted by molar-refractivity contribution is -0.140. The number of carbonyl (C=O) groups is 2. The van der Waals surface area contributed by atoms with Crippen LogP contribution in [0, 0.1) is 20.8 Å². The van der Waals surface area contributed by atoms with Crippen LogP contribution >= 0.6 is 11.6 Å². The van der Waals surface area contributed by atoms with Gasteiger partial charge in [-0.15, -0.1) is 0 Å². The second-order valence-corrected chi connectivity index (χ2v) is 12.6. The van der Waals surface area contributed by atoms with Crippen molar-refractivity contribution >= 4 is 39.1 Å². The molecule has 2 amide bonds. The van der Waals surface area contributed by atoms with Gasteiger partial charge in [0, 0.05) is 17.6 Å². The van der Waals surface area contributed by atoms with Crippen LogP contribution in [0.25, 0.3) is 0 Å². The minimum atomic E-state index is -4.15. The Morgan fingerprint density at radius 3 is 2.17 bits per heavy atom. The summed E-state index contributed by atoms with van der Waals surface area (Å²) in [4.78, 5) is 28.8. The maximum Gasteiger partial charge on any atom is 0.264 e. The molecule has 3 rings (SSSR count). The van der Waals surface area contributed by atoms with Gasteiger partial charge in [0.25, 0.3) is 10.0 Å². The van der Waals surface area contributed by atoms with Crippen LogP contribution in [0.3, 0.4) is 0 Å². The minimum absolute atomic E-state index is 0.0532. The zero-order chi connectivity index (χ0) is 29.6. The summed E-state index contributed by atoms with van der Waals surface area (Å²) in [5.74, 6) is -0.788. The van der Waals surface area contributed by atoms with Crippen LogP contribution in [-0.2, 0) is 26.2 Å². The van der Waals surface area contributed by atoms with Gasteiger partial charge in [-0.3, -0.25) is 13.9 Å². The lowest BCUT2D eigenvalue weighted by Crippen LogP contribution is -2.53. The molecule has 7 nitrogen and oxygen atoms in total. The molecule has 214 valence electrons. The summed E-state index contributed by atoms with van der Waals surface area (Å²) in [7, 11) is -4.15. The number of amides is 2. The molecule has 3 aromatic carbocycles. The van der Waals surface area contributed by atoms with Crippen molar-refractivity contribution in [2.45, 2.75) is 71.5 Å². The van der Waals surface area contributed by atoms with Crippen molar-refractivity contribution in [1.29, 1.82) is 0 Å². The topological polar surface area (TPSA) is 86.8 Å². The average molecular weight is 584 g/mol. The number of aryl methyl sites for hydroxylation is 3. The van der Waals surface area contributed by atoms with E-state index in [0.29, 0.717) is 11.4 Å². The van der Waals surface area contributed by atoms with Crippen LogP contribution in [0.2, 0.25) is 5.02 Å². The lowest BCUT2D eigenvalue weighted by atomic mass is 10.1. The van der Waals surface area contributed by atoms with E-state index in [4.69, 9.17) is 11.6 Å². The Morgan fingerprint density at radius 1 is 0.925 bits per heavy atom. The van der Waals surface area contributed by atoms with Crippen molar-refractivity contribution in [3.05, 3.63) is 94.0 Å². The molecule has 0 heterocycles. The third-order valence-electron chi connectivity index (χ3n) is 6.58. The van der Waals surface area contributed by atoms with Gasteiger partial charge in [-0.2, -0.15) is 0 Å². The maximum absolute atomic E-state index is 14.1. The first-order chi connectivity index (χ1) is 18.8. The van der Waals surface area contributed by atoms with Crippen molar-refractivity contribution in [3.63, 3.8) is 0 Å². The predicted octanol–water partition coefficient (Wildman–Crippen LogP) is 5.79. The number of halogens is 1. The summed E-state index contributed by atoms with van der Waals surface area (Å²) in [5, 5.41) is 3.29. The molecular formula is C31H38ClN3O4S. The van der Waals surface area contributed by atoms with Gasteiger partial charge in [0.2, 0.25) is 11.8 Å². The molecule has 0 radical (unpaired) electrons. The Balaban J connectivity index is 2.09. The molecule has 0 saturated carbocycles. The summed E-state index contributed by atoms with van der Waals surface area (Å²) in [5.41, 5.74) is 3.81. The Bertz CT molecular complexity index is 1460. The van der Waals surface area contributed by atoms with Gasteiger partial charge in [-0.25, -0.2) is 8.42 Å². The first-order valence-electron chi connectivity index (χ1n) is 13.3. The zero-order valence-electron chi connectivity index (χ0n) is 23.9. The lowest BCUT2D eigenvalue weighted by Gasteiger charge is -2.33. The maximum atomic E-state index is 14.1. The van der Waals surface area contributed by atoms with E-state index in [1.165, 1.54) is 17.0 Å². The summed E-state index contributed by atoms with van der Waals surface area (Å²) in [6.45, 7) is 10.8. The second kappa shape index (κ2) is 13.3. The van der Waals surface area contributed by atoms with Crippen LogP contribution in [0.4, 0.5) is 5.69 Å². The number of benzene rings is 3. The molecule has 0 spiro atoms. The molecule has 0 aromatic heterocycles. The van der Waals surface area contributed by atoms with Gasteiger partial charge in [0.15, 0.2) is 0 Å². The summed E-state index contributed by atoms with van der Waals surface area (Å²) in [6.07, 6.45) is 0.358. The van der Waals surface area contributed by atoms with E-state index in [1.54, 1.807) is 30.3 Å². The number of carbonyl (C=O) groups excluding carboxylic acids is 2. The fourth-order valence-electron chi connectivity index (χ4n) is 4.41. The van der Waals surface area contributed by atoms with Gasteiger partial charge in [-0.1, -0.05) is 72.1 Å². The van der Waals surface area contributed by atoms with E-state index in [0.717, 1.165) is 26.6 Å². The molecule has 1 N–H and O–H groups in total. The van der Waals surface area contributed by atoms with Crippen molar-refractivity contribution in [3.8, 4) is 0 Å². The average Bonchev–Trinajstić information content (AvgIpc) is 2.88. The SMILES string of the molecule is CCC(C(=O)NC(C)C)N(Cc1cccc(C)c1)C(=O)CN(c1ccc(C)c(Cl)c1)S(=O)(=O)c1ccc(C)cc1. The summed E-state index contributed by atoms with van der Waals surface area (Å²) < 4.78 is 29.0. The quantitative estimate of drug-likeness (QED) is 0.309. The number of nitrogens with one attached hydrogen (secondary N) is 1. The van der Waals surface area contributed by atoms with Crippen molar-refractivity contribution < 1.29 is 18.0 Å². The predicted molar refractivity (Wildman–Crippen MR) is 161 cm³/mol. The molecule has 1 atom stereocenters. The van der Waals surface area contributed by atoms with Crippen molar-refractivity contribution in [2.75, 3.05) is 10.8 Å². The van der Waals surface area contributed by atoms with E-state index in [-0.39, 0.29) is 29.1 Å². The molecule has 3 aromatic rings. The Hall–Kier alpha value is -3.36. The van der Waals surface area contributed by atoms with Crippen LogP contribution in [0.5, 0.6) is 0 Å². The van der Waals surface area contributed by atoms with Gasteiger partial charge in [-0.05, 0) is 76.4 Å². The highest BCUT2D eigenvalue weighted by Gasteiger charge is 2.34.